The maximum absolute atomic E-state index is 12.1. The zero-order valence-corrected chi connectivity index (χ0v) is 10.2. The average molecular weight is 230 g/mol. The van der Waals surface area contributed by atoms with E-state index in [1.807, 2.05) is 16.7 Å². The number of hydrogen-bond donors (Lipinski definition) is 1. The van der Waals surface area contributed by atoms with E-state index < -0.39 is 0 Å². The topological polar surface area (TPSA) is 37.8 Å². The van der Waals surface area contributed by atoms with Crippen molar-refractivity contribution < 1.29 is 0 Å². The van der Waals surface area contributed by atoms with Gasteiger partial charge in [0.25, 0.3) is 0 Å². The normalized spacial score (nSPS) is 17.7. The van der Waals surface area contributed by atoms with Crippen molar-refractivity contribution >= 4 is 11.0 Å². The maximum atomic E-state index is 12.1. The first-order valence-corrected chi connectivity index (χ1v) is 6.47. The van der Waals surface area contributed by atoms with Gasteiger partial charge in [-0.15, -0.1) is 0 Å². The number of rotatable bonds is 1. The van der Waals surface area contributed by atoms with Crippen LogP contribution in [-0.4, -0.2) is 9.55 Å². The Morgan fingerprint density at radius 2 is 2.00 bits per heavy atom. The Balaban J connectivity index is 2.20. The van der Waals surface area contributed by atoms with E-state index in [-0.39, 0.29) is 5.69 Å². The molecule has 1 aromatic heterocycles. The molecule has 0 atom stereocenters. The molecule has 2 aromatic rings. The van der Waals surface area contributed by atoms with Crippen molar-refractivity contribution in [2.75, 3.05) is 0 Å². The molecule has 1 aliphatic carbocycles. The van der Waals surface area contributed by atoms with Crippen molar-refractivity contribution in [3.63, 3.8) is 0 Å². The van der Waals surface area contributed by atoms with Gasteiger partial charge in [-0.1, -0.05) is 31.4 Å². The number of benzene rings is 1. The predicted octanol–water partition coefficient (Wildman–Crippen LogP) is 3.14. The largest absolute Gasteiger partial charge is 0.326 e. The molecule has 90 valence electrons. The smallest absolute Gasteiger partial charge is 0.306 e. The van der Waals surface area contributed by atoms with E-state index >= 15 is 0 Å². The van der Waals surface area contributed by atoms with E-state index in [2.05, 4.69) is 18.0 Å². The standard InChI is InChI=1S/C14H18N2O/c1-10-6-5-9-12-13(10)16(14(17)15-12)11-7-3-2-4-8-11/h5-6,9,11H,2-4,7-8H2,1H3,(H,15,17). The van der Waals surface area contributed by atoms with Crippen LogP contribution in [0.25, 0.3) is 11.0 Å². The van der Waals surface area contributed by atoms with Gasteiger partial charge in [-0.3, -0.25) is 4.57 Å². The van der Waals surface area contributed by atoms with E-state index in [1.54, 1.807) is 0 Å². The minimum Gasteiger partial charge on any atom is -0.306 e. The highest BCUT2D eigenvalue weighted by Gasteiger charge is 2.20. The molecule has 3 heteroatoms. The van der Waals surface area contributed by atoms with Gasteiger partial charge in [0.15, 0.2) is 0 Å². The number of aryl methyl sites for hydroxylation is 1. The van der Waals surface area contributed by atoms with Crippen molar-refractivity contribution in [1.82, 2.24) is 9.55 Å². The number of nitrogens with one attached hydrogen (secondary N) is 1. The van der Waals surface area contributed by atoms with E-state index in [1.165, 1.54) is 24.8 Å². The van der Waals surface area contributed by atoms with Crippen molar-refractivity contribution in [3.8, 4) is 0 Å². The lowest BCUT2D eigenvalue weighted by Crippen LogP contribution is -2.24. The van der Waals surface area contributed by atoms with Crippen LogP contribution in [0.4, 0.5) is 0 Å². The summed E-state index contributed by atoms with van der Waals surface area (Å²) in [6, 6.07) is 6.46. The average Bonchev–Trinajstić information content (AvgIpc) is 2.68. The molecule has 0 amide bonds. The van der Waals surface area contributed by atoms with Gasteiger partial charge in [-0.05, 0) is 31.4 Å². The summed E-state index contributed by atoms with van der Waals surface area (Å²) in [5.41, 5.74) is 3.32. The van der Waals surface area contributed by atoms with Gasteiger partial charge < -0.3 is 4.98 Å². The molecule has 3 nitrogen and oxygen atoms in total. The van der Waals surface area contributed by atoms with Gasteiger partial charge in [-0.25, -0.2) is 4.79 Å². The third-order valence-electron chi connectivity index (χ3n) is 3.88. The molecular weight excluding hydrogens is 212 g/mol. The van der Waals surface area contributed by atoms with E-state index in [0.29, 0.717) is 6.04 Å². The van der Waals surface area contributed by atoms with Crippen molar-refractivity contribution in [1.29, 1.82) is 0 Å². The van der Waals surface area contributed by atoms with Crippen LogP contribution < -0.4 is 5.69 Å². The lowest BCUT2D eigenvalue weighted by atomic mass is 9.95. The number of nitrogens with zero attached hydrogens (tertiary/aromatic N) is 1. The summed E-state index contributed by atoms with van der Waals surface area (Å²) in [6.45, 7) is 2.08. The highest BCUT2D eigenvalue weighted by atomic mass is 16.1. The first-order chi connectivity index (χ1) is 8.27. The van der Waals surface area contributed by atoms with Gasteiger partial charge in [0.1, 0.15) is 0 Å². The molecule has 3 rings (SSSR count). The molecule has 0 bridgehead atoms. The molecular formula is C14H18N2O. The third-order valence-corrected chi connectivity index (χ3v) is 3.88. The first kappa shape index (κ1) is 10.6. The molecule has 1 N–H and O–H groups in total. The van der Waals surface area contributed by atoms with Crippen LogP contribution in [0.3, 0.4) is 0 Å². The Bertz CT molecular complexity index is 588. The number of para-hydroxylation sites is 1. The lowest BCUT2D eigenvalue weighted by Gasteiger charge is -2.23. The summed E-state index contributed by atoms with van der Waals surface area (Å²) in [4.78, 5) is 15.1. The molecule has 1 aliphatic rings. The van der Waals surface area contributed by atoms with E-state index in [4.69, 9.17) is 0 Å². The van der Waals surface area contributed by atoms with Crippen LogP contribution in [0.5, 0.6) is 0 Å². The second-order valence-corrected chi connectivity index (χ2v) is 5.06. The van der Waals surface area contributed by atoms with Crippen molar-refractivity contribution in [2.24, 2.45) is 0 Å². The Hall–Kier alpha value is -1.51. The fourth-order valence-corrected chi connectivity index (χ4v) is 3.04. The van der Waals surface area contributed by atoms with Crippen LogP contribution in [0.1, 0.15) is 43.7 Å². The van der Waals surface area contributed by atoms with Crippen LogP contribution >= 0.6 is 0 Å². The van der Waals surface area contributed by atoms with Gasteiger partial charge in [0.05, 0.1) is 11.0 Å². The Morgan fingerprint density at radius 1 is 1.24 bits per heavy atom. The monoisotopic (exact) mass is 230 g/mol. The molecule has 1 saturated carbocycles. The minimum atomic E-state index is 0.0567. The highest BCUT2D eigenvalue weighted by molar-refractivity contribution is 5.78. The molecule has 0 unspecified atom stereocenters. The number of fused-ring (bicyclic) bond motifs is 1. The van der Waals surface area contributed by atoms with E-state index in [9.17, 15) is 4.79 Å². The summed E-state index contributed by atoms with van der Waals surface area (Å²) in [7, 11) is 0. The molecule has 0 aliphatic heterocycles. The molecule has 1 heterocycles. The van der Waals surface area contributed by atoms with Crippen molar-refractivity contribution in [3.05, 3.63) is 34.2 Å². The zero-order valence-electron chi connectivity index (χ0n) is 10.2. The zero-order chi connectivity index (χ0) is 11.8. The Kier molecular flexibility index (Phi) is 2.54. The minimum absolute atomic E-state index is 0.0567. The Morgan fingerprint density at radius 3 is 2.76 bits per heavy atom. The summed E-state index contributed by atoms with van der Waals surface area (Å²) in [5, 5.41) is 0. The SMILES string of the molecule is Cc1cccc2[nH]c(=O)n(C3CCCCC3)c12. The molecule has 1 fully saturated rings. The van der Waals surface area contributed by atoms with Crippen LogP contribution in [-0.2, 0) is 0 Å². The van der Waals surface area contributed by atoms with Crippen LogP contribution in [0.2, 0.25) is 0 Å². The highest BCUT2D eigenvalue weighted by Crippen LogP contribution is 2.30. The number of aromatic nitrogens is 2. The number of H-pyrrole nitrogens is 1. The molecule has 1 aromatic carbocycles. The molecule has 0 saturated heterocycles. The summed E-state index contributed by atoms with van der Waals surface area (Å²) >= 11 is 0. The second-order valence-electron chi connectivity index (χ2n) is 5.06. The van der Waals surface area contributed by atoms with E-state index in [0.717, 1.165) is 23.9 Å². The predicted molar refractivity (Wildman–Crippen MR) is 69.4 cm³/mol. The van der Waals surface area contributed by atoms with Gasteiger partial charge >= 0.3 is 5.69 Å². The molecule has 0 spiro atoms. The van der Waals surface area contributed by atoms with Crippen LogP contribution in [0, 0.1) is 6.92 Å². The quantitative estimate of drug-likeness (QED) is 0.803. The summed E-state index contributed by atoms with van der Waals surface area (Å²) < 4.78 is 1.99. The van der Waals surface area contributed by atoms with Crippen LogP contribution in [0.15, 0.2) is 23.0 Å². The number of hydrogen-bond acceptors (Lipinski definition) is 1. The van der Waals surface area contributed by atoms with Crippen molar-refractivity contribution in [2.45, 2.75) is 45.1 Å². The summed E-state index contributed by atoms with van der Waals surface area (Å²) in [6.07, 6.45) is 6.08. The number of aromatic amines is 1. The second kappa shape index (κ2) is 4.06. The van der Waals surface area contributed by atoms with Gasteiger partial charge in [-0.2, -0.15) is 0 Å². The Labute approximate surface area is 100 Å². The molecule has 17 heavy (non-hydrogen) atoms. The van der Waals surface area contributed by atoms with Gasteiger partial charge in [0.2, 0.25) is 0 Å². The fourth-order valence-electron chi connectivity index (χ4n) is 3.04. The summed E-state index contributed by atoms with van der Waals surface area (Å²) in [5.74, 6) is 0. The first-order valence-electron chi connectivity index (χ1n) is 6.47. The van der Waals surface area contributed by atoms with Gasteiger partial charge in [0, 0.05) is 6.04 Å². The number of imidazole rings is 1. The third kappa shape index (κ3) is 1.70. The fraction of sp³-hybridized carbons (Fsp3) is 0.500. The maximum Gasteiger partial charge on any atom is 0.326 e. The lowest BCUT2D eigenvalue weighted by molar-refractivity contribution is 0.353. The molecule has 0 radical (unpaired) electrons.